The summed E-state index contributed by atoms with van der Waals surface area (Å²) >= 11 is 0. The third-order valence-electron chi connectivity index (χ3n) is 4.83. The maximum atomic E-state index is 12.9. The van der Waals surface area contributed by atoms with E-state index in [0.717, 1.165) is 23.4 Å². The van der Waals surface area contributed by atoms with E-state index in [1.807, 2.05) is 31.2 Å². The Bertz CT molecular complexity index is 819. The lowest BCUT2D eigenvalue weighted by atomic mass is 10.0. The molecule has 0 heterocycles. The second kappa shape index (κ2) is 7.62. The molecule has 0 aromatic heterocycles. The Balaban J connectivity index is 1.57. The maximum Gasteiger partial charge on any atom is 0.416 e. The summed E-state index contributed by atoms with van der Waals surface area (Å²) in [7, 11) is 1.60. The molecule has 1 amide bonds. The Kier molecular flexibility index (Phi) is 5.44. The molecule has 3 rings (SSSR count). The number of nitrogens with one attached hydrogen (secondary N) is 1. The molecule has 0 saturated heterocycles. The second-order valence-corrected chi connectivity index (χ2v) is 7.04. The van der Waals surface area contributed by atoms with Gasteiger partial charge in [0, 0.05) is 12.0 Å². The summed E-state index contributed by atoms with van der Waals surface area (Å²) in [6, 6.07) is 12.8. The van der Waals surface area contributed by atoms with Crippen LogP contribution in [0.25, 0.3) is 0 Å². The molecule has 1 aliphatic rings. The average Bonchev–Trinajstić information content (AvgIpc) is 3.42. The van der Waals surface area contributed by atoms with Crippen LogP contribution in [0.2, 0.25) is 0 Å². The van der Waals surface area contributed by atoms with Crippen molar-refractivity contribution in [2.75, 3.05) is 7.11 Å². The summed E-state index contributed by atoms with van der Waals surface area (Å²) in [6.45, 7) is 1.92. The molecule has 27 heavy (non-hydrogen) atoms. The van der Waals surface area contributed by atoms with Gasteiger partial charge in [-0.1, -0.05) is 30.3 Å². The van der Waals surface area contributed by atoms with Gasteiger partial charge in [-0.05, 0) is 55.0 Å². The van der Waals surface area contributed by atoms with E-state index < -0.39 is 11.7 Å². The van der Waals surface area contributed by atoms with Crippen LogP contribution < -0.4 is 10.1 Å². The van der Waals surface area contributed by atoms with Crippen molar-refractivity contribution in [2.24, 2.45) is 5.92 Å². The van der Waals surface area contributed by atoms with Crippen LogP contribution >= 0.6 is 0 Å². The molecule has 1 fully saturated rings. The highest BCUT2D eigenvalue weighted by Gasteiger charge is 2.44. The van der Waals surface area contributed by atoms with E-state index in [9.17, 15) is 18.0 Å². The number of hydrogen-bond donors (Lipinski definition) is 1. The largest absolute Gasteiger partial charge is 0.497 e. The lowest BCUT2D eigenvalue weighted by molar-refractivity contribution is -0.137. The quantitative estimate of drug-likeness (QED) is 0.801. The highest BCUT2D eigenvalue weighted by Crippen LogP contribution is 2.48. The van der Waals surface area contributed by atoms with Crippen LogP contribution in [0, 0.1) is 5.92 Å². The van der Waals surface area contributed by atoms with Gasteiger partial charge in [0.2, 0.25) is 5.91 Å². The van der Waals surface area contributed by atoms with Gasteiger partial charge in [-0.3, -0.25) is 4.79 Å². The third-order valence-corrected chi connectivity index (χ3v) is 4.83. The van der Waals surface area contributed by atoms with Gasteiger partial charge < -0.3 is 10.1 Å². The molecule has 1 aliphatic carbocycles. The van der Waals surface area contributed by atoms with Gasteiger partial charge in [-0.25, -0.2) is 0 Å². The van der Waals surface area contributed by atoms with Crippen molar-refractivity contribution in [3.63, 3.8) is 0 Å². The van der Waals surface area contributed by atoms with Crippen LogP contribution in [0.5, 0.6) is 5.75 Å². The number of rotatable bonds is 6. The lowest BCUT2D eigenvalue weighted by Crippen LogP contribution is -2.35. The van der Waals surface area contributed by atoms with Crippen LogP contribution in [-0.4, -0.2) is 19.1 Å². The average molecular weight is 377 g/mol. The first-order valence-electron chi connectivity index (χ1n) is 8.88. The number of benzene rings is 2. The Labute approximate surface area is 156 Å². The number of alkyl halides is 3. The first-order valence-corrected chi connectivity index (χ1v) is 8.88. The third kappa shape index (κ3) is 4.81. The molecule has 0 spiro atoms. The number of ether oxygens (including phenoxy) is 1. The number of carbonyl (C=O) groups excluding carboxylic acids is 1. The smallest absolute Gasteiger partial charge is 0.416 e. The van der Waals surface area contributed by atoms with Gasteiger partial charge in [0.25, 0.3) is 0 Å². The SMILES string of the molecule is COc1cccc(CC(C)NC(=O)C2CC2c2cccc(C(F)(F)F)c2)c1. The number of carbonyl (C=O) groups is 1. The van der Waals surface area contributed by atoms with Crippen molar-refractivity contribution >= 4 is 5.91 Å². The van der Waals surface area contributed by atoms with E-state index in [-0.39, 0.29) is 23.8 Å². The molecule has 6 heteroatoms. The zero-order chi connectivity index (χ0) is 19.6. The minimum Gasteiger partial charge on any atom is -0.497 e. The molecule has 2 aromatic rings. The van der Waals surface area contributed by atoms with Crippen molar-refractivity contribution in [2.45, 2.75) is 37.9 Å². The van der Waals surface area contributed by atoms with E-state index in [1.165, 1.54) is 6.07 Å². The molecule has 144 valence electrons. The van der Waals surface area contributed by atoms with Crippen LogP contribution in [0.3, 0.4) is 0 Å². The Morgan fingerprint density at radius 3 is 2.67 bits per heavy atom. The fourth-order valence-corrected chi connectivity index (χ4v) is 3.35. The highest BCUT2D eigenvalue weighted by atomic mass is 19.4. The number of hydrogen-bond acceptors (Lipinski definition) is 2. The zero-order valence-corrected chi connectivity index (χ0v) is 15.2. The van der Waals surface area contributed by atoms with E-state index in [0.29, 0.717) is 18.4 Å². The molecule has 3 nitrogen and oxygen atoms in total. The van der Waals surface area contributed by atoms with Crippen LogP contribution in [0.15, 0.2) is 48.5 Å². The number of amides is 1. The summed E-state index contributed by atoms with van der Waals surface area (Å²) in [4.78, 5) is 12.4. The predicted molar refractivity (Wildman–Crippen MR) is 96.6 cm³/mol. The lowest BCUT2D eigenvalue weighted by Gasteiger charge is -2.15. The fourth-order valence-electron chi connectivity index (χ4n) is 3.35. The van der Waals surface area contributed by atoms with Gasteiger partial charge in [0.1, 0.15) is 5.75 Å². The Morgan fingerprint density at radius 2 is 1.96 bits per heavy atom. The topological polar surface area (TPSA) is 38.3 Å². The van der Waals surface area contributed by atoms with Gasteiger partial charge >= 0.3 is 6.18 Å². The molecule has 0 aliphatic heterocycles. The zero-order valence-electron chi connectivity index (χ0n) is 15.2. The van der Waals surface area contributed by atoms with Crippen molar-refractivity contribution in [1.82, 2.24) is 5.32 Å². The molecule has 0 bridgehead atoms. The highest BCUT2D eigenvalue weighted by molar-refractivity contribution is 5.83. The summed E-state index contributed by atoms with van der Waals surface area (Å²) in [5.41, 5.74) is 0.954. The van der Waals surface area contributed by atoms with E-state index in [4.69, 9.17) is 4.74 Å². The minimum atomic E-state index is -4.37. The van der Waals surface area contributed by atoms with Gasteiger partial charge in [0.05, 0.1) is 12.7 Å². The Hall–Kier alpha value is -2.50. The normalized spacial score (nSPS) is 20.0. The van der Waals surface area contributed by atoms with Crippen LogP contribution in [-0.2, 0) is 17.4 Å². The molecule has 1 N–H and O–H groups in total. The fraction of sp³-hybridized carbons (Fsp3) is 0.381. The van der Waals surface area contributed by atoms with Gasteiger partial charge in [-0.15, -0.1) is 0 Å². The molecule has 2 aromatic carbocycles. The summed E-state index contributed by atoms with van der Waals surface area (Å²) in [6.07, 6.45) is -3.13. The van der Waals surface area contributed by atoms with Crippen LogP contribution in [0.1, 0.15) is 36.0 Å². The molecule has 1 saturated carbocycles. The van der Waals surface area contributed by atoms with Crippen molar-refractivity contribution in [3.05, 3.63) is 65.2 Å². The molecule has 3 unspecified atom stereocenters. The Morgan fingerprint density at radius 1 is 1.22 bits per heavy atom. The predicted octanol–water partition coefficient (Wildman–Crippen LogP) is 4.56. The summed E-state index contributed by atoms with van der Waals surface area (Å²) in [5.74, 6) is 0.253. The molecular formula is C21H22F3NO2. The first-order chi connectivity index (χ1) is 12.8. The molecular weight excluding hydrogens is 355 g/mol. The molecule has 0 radical (unpaired) electrons. The number of methoxy groups -OCH3 is 1. The monoisotopic (exact) mass is 377 g/mol. The maximum absolute atomic E-state index is 12.9. The second-order valence-electron chi connectivity index (χ2n) is 7.04. The van der Waals surface area contributed by atoms with Crippen LogP contribution in [0.4, 0.5) is 13.2 Å². The molecule has 3 atom stereocenters. The van der Waals surface area contributed by atoms with Gasteiger partial charge in [-0.2, -0.15) is 13.2 Å². The van der Waals surface area contributed by atoms with Crippen molar-refractivity contribution in [1.29, 1.82) is 0 Å². The van der Waals surface area contributed by atoms with Gasteiger partial charge in [0.15, 0.2) is 0 Å². The number of halogens is 3. The van der Waals surface area contributed by atoms with Crippen molar-refractivity contribution in [3.8, 4) is 5.75 Å². The minimum absolute atomic E-state index is 0.0765. The van der Waals surface area contributed by atoms with E-state index >= 15 is 0 Å². The first kappa shape index (κ1) is 19.3. The van der Waals surface area contributed by atoms with E-state index in [2.05, 4.69) is 5.32 Å². The summed E-state index contributed by atoms with van der Waals surface area (Å²) < 4.78 is 43.8. The summed E-state index contributed by atoms with van der Waals surface area (Å²) in [5, 5.41) is 2.97. The van der Waals surface area contributed by atoms with Crippen molar-refractivity contribution < 1.29 is 22.7 Å². The van der Waals surface area contributed by atoms with E-state index in [1.54, 1.807) is 13.2 Å². The standard InChI is InChI=1S/C21H22F3NO2/c1-13(9-14-5-3-8-17(10-14)27-2)25-20(26)19-12-18(19)15-6-4-7-16(11-15)21(22,23)24/h3-8,10-11,13,18-19H,9,12H2,1-2H3,(H,25,26).